The number of nitro groups is 1. The Hall–Kier alpha value is -3.09. The fourth-order valence-electron chi connectivity index (χ4n) is 3.35. The average molecular weight is 356 g/mol. The summed E-state index contributed by atoms with van der Waals surface area (Å²) in [5, 5.41) is 11.0. The highest BCUT2D eigenvalue weighted by atomic mass is 16.6. The van der Waals surface area contributed by atoms with E-state index in [1.54, 1.807) is 25.2 Å². The van der Waals surface area contributed by atoms with Gasteiger partial charge < -0.3 is 14.4 Å². The number of likely N-dealkylation sites (tertiary alicyclic amines) is 1. The van der Waals surface area contributed by atoms with Gasteiger partial charge in [-0.2, -0.15) is 0 Å². The fourth-order valence-corrected chi connectivity index (χ4v) is 3.35. The second kappa shape index (κ2) is 7.43. The SMILES string of the molecule is COc1ccc(OC)c(C2CCCN2C(=O)c2cccc([N+](=O)[O-])c2)c1. The number of rotatable bonds is 5. The first-order valence-electron chi connectivity index (χ1n) is 8.32. The molecule has 0 N–H and O–H groups in total. The molecule has 136 valence electrons. The van der Waals surface area contributed by atoms with E-state index >= 15 is 0 Å². The number of hydrogen-bond acceptors (Lipinski definition) is 5. The molecule has 1 aliphatic heterocycles. The number of benzene rings is 2. The zero-order chi connectivity index (χ0) is 18.7. The van der Waals surface area contributed by atoms with Gasteiger partial charge in [0, 0.05) is 29.8 Å². The predicted octanol–water partition coefficient (Wildman–Crippen LogP) is 3.59. The van der Waals surface area contributed by atoms with Gasteiger partial charge in [-0.3, -0.25) is 14.9 Å². The van der Waals surface area contributed by atoms with Gasteiger partial charge in [-0.25, -0.2) is 0 Å². The van der Waals surface area contributed by atoms with E-state index < -0.39 is 4.92 Å². The van der Waals surface area contributed by atoms with Crippen LogP contribution in [0.2, 0.25) is 0 Å². The molecule has 0 saturated carbocycles. The zero-order valence-corrected chi connectivity index (χ0v) is 14.7. The number of non-ortho nitro benzene ring substituents is 1. The van der Waals surface area contributed by atoms with Gasteiger partial charge in [0.15, 0.2) is 0 Å². The Bertz CT molecular complexity index is 836. The minimum absolute atomic E-state index is 0.0921. The molecule has 1 heterocycles. The molecule has 1 amide bonds. The number of methoxy groups -OCH3 is 2. The van der Waals surface area contributed by atoms with E-state index in [9.17, 15) is 14.9 Å². The molecule has 2 aromatic rings. The van der Waals surface area contributed by atoms with Crippen molar-refractivity contribution in [2.45, 2.75) is 18.9 Å². The third-order valence-corrected chi connectivity index (χ3v) is 4.61. The summed E-state index contributed by atoms with van der Waals surface area (Å²) in [6.45, 7) is 0.590. The second-order valence-corrected chi connectivity index (χ2v) is 6.07. The minimum Gasteiger partial charge on any atom is -0.497 e. The molecule has 0 aliphatic carbocycles. The first-order valence-corrected chi connectivity index (χ1v) is 8.32. The average Bonchev–Trinajstić information content (AvgIpc) is 3.16. The Kier molecular flexibility index (Phi) is 5.06. The minimum atomic E-state index is -0.497. The molecule has 26 heavy (non-hydrogen) atoms. The molecule has 7 heteroatoms. The van der Waals surface area contributed by atoms with Crippen molar-refractivity contribution in [1.29, 1.82) is 0 Å². The highest BCUT2D eigenvalue weighted by Crippen LogP contribution is 2.39. The Morgan fingerprint density at radius 2 is 2.00 bits per heavy atom. The van der Waals surface area contributed by atoms with Crippen molar-refractivity contribution in [2.75, 3.05) is 20.8 Å². The number of ether oxygens (including phenoxy) is 2. The van der Waals surface area contributed by atoms with Crippen LogP contribution in [-0.2, 0) is 0 Å². The molecule has 1 fully saturated rings. The maximum absolute atomic E-state index is 13.0. The van der Waals surface area contributed by atoms with E-state index in [-0.39, 0.29) is 17.6 Å². The van der Waals surface area contributed by atoms with Crippen LogP contribution < -0.4 is 9.47 Å². The first kappa shape index (κ1) is 17.7. The van der Waals surface area contributed by atoms with Crippen molar-refractivity contribution in [2.24, 2.45) is 0 Å². The lowest BCUT2D eigenvalue weighted by molar-refractivity contribution is -0.384. The standard InChI is InChI=1S/C19H20N2O5/c1-25-15-8-9-18(26-2)16(12-15)17-7-4-10-20(17)19(22)13-5-3-6-14(11-13)21(23)24/h3,5-6,8-9,11-12,17H,4,7,10H2,1-2H3. The Morgan fingerprint density at radius 3 is 2.69 bits per heavy atom. The summed E-state index contributed by atoms with van der Waals surface area (Å²) in [5.74, 6) is 1.16. The third kappa shape index (κ3) is 3.33. The molecule has 1 unspecified atom stereocenters. The van der Waals surface area contributed by atoms with Crippen LogP contribution in [0, 0.1) is 10.1 Å². The largest absolute Gasteiger partial charge is 0.497 e. The van der Waals surface area contributed by atoms with Gasteiger partial charge in [-0.15, -0.1) is 0 Å². The van der Waals surface area contributed by atoms with E-state index in [1.165, 1.54) is 18.2 Å². The number of amides is 1. The summed E-state index contributed by atoms with van der Waals surface area (Å²) < 4.78 is 10.8. The molecular weight excluding hydrogens is 336 g/mol. The number of hydrogen-bond donors (Lipinski definition) is 0. The highest BCUT2D eigenvalue weighted by Gasteiger charge is 2.33. The Morgan fingerprint density at radius 1 is 1.19 bits per heavy atom. The van der Waals surface area contributed by atoms with Crippen molar-refractivity contribution in [3.8, 4) is 11.5 Å². The summed E-state index contributed by atoms with van der Waals surface area (Å²) in [4.78, 5) is 25.2. The van der Waals surface area contributed by atoms with Gasteiger partial charge in [0.2, 0.25) is 0 Å². The Labute approximate surface area is 151 Å². The van der Waals surface area contributed by atoms with Crippen LogP contribution in [0.3, 0.4) is 0 Å². The summed E-state index contributed by atoms with van der Waals surface area (Å²) >= 11 is 0. The fraction of sp³-hybridized carbons (Fsp3) is 0.316. The molecule has 1 saturated heterocycles. The zero-order valence-electron chi connectivity index (χ0n) is 14.7. The molecule has 2 aromatic carbocycles. The molecule has 1 aliphatic rings. The summed E-state index contributed by atoms with van der Waals surface area (Å²) in [6.07, 6.45) is 1.65. The van der Waals surface area contributed by atoms with Crippen molar-refractivity contribution in [3.63, 3.8) is 0 Å². The van der Waals surface area contributed by atoms with Crippen molar-refractivity contribution >= 4 is 11.6 Å². The van der Waals surface area contributed by atoms with Crippen molar-refractivity contribution < 1.29 is 19.2 Å². The van der Waals surface area contributed by atoms with Gasteiger partial charge in [0.05, 0.1) is 25.2 Å². The number of nitro benzene ring substituents is 1. The van der Waals surface area contributed by atoms with Gasteiger partial charge in [-0.05, 0) is 37.1 Å². The number of carbonyl (C=O) groups excluding carboxylic acids is 1. The quantitative estimate of drug-likeness (QED) is 0.604. The number of nitrogens with zero attached hydrogens (tertiary/aromatic N) is 2. The lowest BCUT2D eigenvalue weighted by Crippen LogP contribution is -2.30. The maximum atomic E-state index is 13.0. The molecule has 1 atom stereocenters. The van der Waals surface area contributed by atoms with Gasteiger partial charge >= 0.3 is 0 Å². The van der Waals surface area contributed by atoms with Crippen molar-refractivity contribution in [1.82, 2.24) is 4.90 Å². The van der Waals surface area contributed by atoms with E-state index in [0.29, 0.717) is 23.6 Å². The molecule has 0 radical (unpaired) electrons. The van der Waals surface area contributed by atoms with E-state index in [2.05, 4.69) is 0 Å². The lowest BCUT2D eigenvalue weighted by atomic mass is 10.0. The molecule has 3 rings (SSSR count). The smallest absolute Gasteiger partial charge is 0.270 e. The molecule has 7 nitrogen and oxygen atoms in total. The van der Waals surface area contributed by atoms with Crippen LogP contribution in [0.15, 0.2) is 42.5 Å². The van der Waals surface area contributed by atoms with Crippen LogP contribution >= 0.6 is 0 Å². The van der Waals surface area contributed by atoms with Crippen LogP contribution in [0.4, 0.5) is 5.69 Å². The highest BCUT2D eigenvalue weighted by molar-refractivity contribution is 5.95. The van der Waals surface area contributed by atoms with Crippen LogP contribution in [0.25, 0.3) is 0 Å². The van der Waals surface area contributed by atoms with Crippen LogP contribution in [-0.4, -0.2) is 36.5 Å². The Balaban J connectivity index is 1.95. The van der Waals surface area contributed by atoms with Gasteiger partial charge in [0.25, 0.3) is 11.6 Å². The van der Waals surface area contributed by atoms with Crippen molar-refractivity contribution in [3.05, 3.63) is 63.7 Å². The third-order valence-electron chi connectivity index (χ3n) is 4.61. The maximum Gasteiger partial charge on any atom is 0.270 e. The second-order valence-electron chi connectivity index (χ2n) is 6.07. The summed E-state index contributed by atoms with van der Waals surface area (Å²) in [7, 11) is 3.18. The summed E-state index contributed by atoms with van der Waals surface area (Å²) in [5.41, 5.74) is 1.10. The van der Waals surface area contributed by atoms with Gasteiger partial charge in [0.1, 0.15) is 11.5 Å². The monoisotopic (exact) mass is 356 g/mol. The molecule has 0 spiro atoms. The lowest BCUT2D eigenvalue weighted by Gasteiger charge is -2.26. The van der Waals surface area contributed by atoms with E-state index in [0.717, 1.165) is 18.4 Å². The van der Waals surface area contributed by atoms with E-state index in [4.69, 9.17) is 9.47 Å². The topological polar surface area (TPSA) is 81.9 Å². The summed E-state index contributed by atoms with van der Waals surface area (Å²) in [6, 6.07) is 11.2. The normalized spacial score (nSPS) is 16.4. The molecule has 0 bridgehead atoms. The van der Waals surface area contributed by atoms with Gasteiger partial charge in [-0.1, -0.05) is 6.07 Å². The molecule has 0 aromatic heterocycles. The molecular formula is C19H20N2O5. The number of carbonyl (C=O) groups is 1. The van der Waals surface area contributed by atoms with Crippen LogP contribution in [0.1, 0.15) is 34.8 Å². The van der Waals surface area contributed by atoms with Crippen LogP contribution in [0.5, 0.6) is 11.5 Å². The predicted molar refractivity (Wildman–Crippen MR) is 95.7 cm³/mol. The van der Waals surface area contributed by atoms with E-state index in [1.807, 2.05) is 18.2 Å². The first-order chi connectivity index (χ1) is 12.5.